The van der Waals surface area contributed by atoms with Gasteiger partial charge in [0, 0.05) is 25.0 Å². The van der Waals surface area contributed by atoms with Crippen molar-refractivity contribution >= 4 is 35.3 Å². The largest absolute Gasteiger partial charge is 0.347 e. The van der Waals surface area contributed by atoms with Crippen molar-refractivity contribution in [2.24, 2.45) is 17.8 Å². The molecule has 13 nitrogen and oxygen atoms in total. The van der Waals surface area contributed by atoms with E-state index in [-0.39, 0.29) is 35.4 Å². The molecule has 4 rings (SSSR count). The van der Waals surface area contributed by atoms with Gasteiger partial charge in [0.2, 0.25) is 23.5 Å². The molecule has 0 unspecified atom stereocenters. The summed E-state index contributed by atoms with van der Waals surface area (Å²) in [5.41, 5.74) is 0.0743. The number of hydrogen-bond donors (Lipinski definition) is 4. The molecule has 0 spiro atoms. The van der Waals surface area contributed by atoms with Gasteiger partial charge in [-0.2, -0.15) is 0 Å². The van der Waals surface area contributed by atoms with Crippen molar-refractivity contribution in [2.75, 3.05) is 6.54 Å². The highest BCUT2D eigenvalue weighted by Gasteiger charge is 2.51. The number of Topliss-reactive ketones (excluding diaryl/α,β-unsaturated/α-hetero) is 1. The van der Waals surface area contributed by atoms with E-state index in [1.807, 2.05) is 27.7 Å². The second-order valence-electron chi connectivity index (χ2n) is 12.9. The molecule has 3 fully saturated rings. The zero-order chi connectivity index (χ0) is 32.7. The van der Waals surface area contributed by atoms with Crippen molar-refractivity contribution in [2.45, 2.75) is 116 Å². The molecule has 45 heavy (non-hydrogen) atoms. The van der Waals surface area contributed by atoms with Crippen LogP contribution in [0.25, 0.3) is 0 Å². The molecule has 2 saturated carbocycles. The molecule has 0 bridgehead atoms. The van der Waals surface area contributed by atoms with Gasteiger partial charge in [-0.05, 0) is 56.3 Å². The first-order valence-electron chi connectivity index (χ1n) is 16.4. The molecule has 3 aliphatic rings. The van der Waals surface area contributed by atoms with E-state index in [1.54, 1.807) is 4.90 Å². The molecular weight excluding hydrogens is 578 g/mol. The summed E-state index contributed by atoms with van der Waals surface area (Å²) >= 11 is 0. The lowest BCUT2D eigenvalue weighted by Gasteiger charge is -2.33. The summed E-state index contributed by atoms with van der Waals surface area (Å²) in [5, 5.41) is 11.1. The zero-order valence-corrected chi connectivity index (χ0v) is 26.7. The lowest BCUT2D eigenvalue weighted by Crippen LogP contribution is -2.60. The number of amides is 5. The summed E-state index contributed by atoms with van der Waals surface area (Å²) in [6.45, 7) is 7.77. The van der Waals surface area contributed by atoms with E-state index in [9.17, 15) is 28.8 Å². The minimum absolute atomic E-state index is 0.0158. The van der Waals surface area contributed by atoms with E-state index >= 15 is 0 Å². The minimum atomic E-state index is -0.980. The predicted octanol–water partition coefficient (Wildman–Crippen LogP) is 1.28. The summed E-state index contributed by atoms with van der Waals surface area (Å²) in [6.07, 6.45) is 10.3. The standard InChI is InChI=1S/C32H47N7O6/c1-5-8-22(27(40)31(44)35-20-12-13-20)36-30(43)26-21-11-7-10-19(21)17-39(26)32(45)25(18(3)4)38-28(41)23(9-6-2)37-29(42)24-16-33-14-15-34-24/h14-16,18-23,25-26H,5-13,17H2,1-4H3,(H,35,44)(H,36,43)(H,37,42)(H,38,41)/t19-,21-,22-,23-,25-,26-/m0/s1. The van der Waals surface area contributed by atoms with Crippen LogP contribution in [-0.4, -0.2) is 86.9 Å². The second-order valence-corrected chi connectivity index (χ2v) is 12.9. The van der Waals surface area contributed by atoms with Crippen LogP contribution >= 0.6 is 0 Å². The van der Waals surface area contributed by atoms with Crippen LogP contribution in [0.3, 0.4) is 0 Å². The van der Waals surface area contributed by atoms with Gasteiger partial charge >= 0.3 is 0 Å². The summed E-state index contributed by atoms with van der Waals surface area (Å²) in [5.74, 6) is -3.50. The average Bonchev–Trinajstić information content (AvgIpc) is 3.59. The van der Waals surface area contributed by atoms with Crippen LogP contribution in [0.5, 0.6) is 0 Å². The Hall–Kier alpha value is -3.90. The monoisotopic (exact) mass is 625 g/mol. The minimum Gasteiger partial charge on any atom is -0.347 e. The van der Waals surface area contributed by atoms with Gasteiger partial charge in [0.05, 0.1) is 12.2 Å². The molecule has 1 aliphatic heterocycles. The highest BCUT2D eigenvalue weighted by Crippen LogP contribution is 2.42. The molecule has 0 aromatic carbocycles. The van der Waals surface area contributed by atoms with Crippen molar-refractivity contribution in [3.05, 3.63) is 24.3 Å². The Balaban J connectivity index is 1.49. The summed E-state index contributed by atoms with van der Waals surface area (Å²) in [7, 11) is 0. The van der Waals surface area contributed by atoms with Gasteiger partial charge < -0.3 is 26.2 Å². The molecule has 4 N–H and O–H groups in total. The Labute approximate surface area is 264 Å². The molecular formula is C32H47N7O6. The normalized spacial score (nSPS) is 22.6. The lowest BCUT2D eigenvalue weighted by molar-refractivity contribution is -0.145. The smallest absolute Gasteiger partial charge is 0.289 e. The number of ketones is 1. The highest BCUT2D eigenvalue weighted by atomic mass is 16.2. The number of carbonyl (C=O) groups excluding carboxylic acids is 6. The molecule has 1 aromatic rings. The van der Waals surface area contributed by atoms with E-state index in [2.05, 4.69) is 31.2 Å². The van der Waals surface area contributed by atoms with Crippen LogP contribution in [0.15, 0.2) is 18.6 Å². The van der Waals surface area contributed by atoms with Crippen LogP contribution in [0.1, 0.15) is 96.0 Å². The van der Waals surface area contributed by atoms with Gasteiger partial charge in [0.25, 0.3) is 11.8 Å². The van der Waals surface area contributed by atoms with Gasteiger partial charge in [0.1, 0.15) is 23.8 Å². The first-order valence-corrected chi connectivity index (χ1v) is 16.4. The van der Waals surface area contributed by atoms with Crippen LogP contribution < -0.4 is 21.3 Å². The SMILES string of the molecule is CCC[C@H](NC(=O)c1cnccn1)C(=O)N[C@H](C(=O)N1C[C@@H]2CCC[C@@H]2[C@H]1C(=O)N[C@@H](CCC)C(=O)C(=O)NC1CC1)C(C)C. The fourth-order valence-corrected chi connectivity index (χ4v) is 6.48. The number of aromatic nitrogens is 2. The number of nitrogens with zero attached hydrogens (tertiary/aromatic N) is 3. The summed E-state index contributed by atoms with van der Waals surface area (Å²) in [6, 6.07) is -3.63. The van der Waals surface area contributed by atoms with Gasteiger partial charge in [-0.3, -0.25) is 33.8 Å². The fourth-order valence-electron chi connectivity index (χ4n) is 6.48. The maximum atomic E-state index is 14.2. The number of hydrogen-bond acceptors (Lipinski definition) is 8. The van der Waals surface area contributed by atoms with Gasteiger partial charge in [0.15, 0.2) is 0 Å². The van der Waals surface area contributed by atoms with E-state index < -0.39 is 53.6 Å². The predicted molar refractivity (Wildman–Crippen MR) is 164 cm³/mol. The number of rotatable bonds is 15. The Morgan fingerprint density at radius 2 is 1.62 bits per heavy atom. The Morgan fingerprint density at radius 1 is 0.911 bits per heavy atom. The molecule has 13 heteroatoms. The number of carbonyl (C=O) groups is 6. The third-order valence-electron chi connectivity index (χ3n) is 9.01. The second kappa shape index (κ2) is 15.4. The quantitative estimate of drug-likeness (QED) is 0.210. The van der Waals surface area contributed by atoms with E-state index in [0.717, 1.165) is 32.1 Å². The number of nitrogens with one attached hydrogen (secondary N) is 4. The van der Waals surface area contributed by atoms with Gasteiger partial charge in [-0.1, -0.05) is 47.0 Å². The zero-order valence-electron chi connectivity index (χ0n) is 26.7. The highest BCUT2D eigenvalue weighted by molar-refractivity contribution is 6.38. The fraction of sp³-hybridized carbons (Fsp3) is 0.688. The average molecular weight is 626 g/mol. The molecule has 1 saturated heterocycles. The third-order valence-corrected chi connectivity index (χ3v) is 9.01. The van der Waals surface area contributed by atoms with Crippen LogP contribution in [0.4, 0.5) is 0 Å². The molecule has 1 aromatic heterocycles. The van der Waals surface area contributed by atoms with Crippen molar-refractivity contribution in [3.8, 4) is 0 Å². The molecule has 6 atom stereocenters. The topological polar surface area (TPSA) is 180 Å². The first kappa shape index (κ1) is 34.0. The Kier molecular flexibility index (Phi) is 11.6. The van der Waals surface area contributed by atoms with Gasteiger partial charge in [-0.15, -0.1) is 0 Å². The summed E-state index contributed by atoms with van der Waals surface area (Å²) < 4.78 is 0. The number of likely N-dealkylation sites (tertiary alicyclic amines) is 1. The van der Waals surface area contributed by atoms with E-state index in [1.165, 1.54) is 18.6 Å². The Morgan fingerprint density at radius 3 is 2.24 bits per heavy atom. The third kappa shape index (κ3) is 8.43. The van der Waals surface area contributed by atoms with Crippen LogP contribution in [-0.2, 0) is 24.0 Å². The molecule has 246 valence electrons. The van der Waals surface area contributed by atoms with E-state index in [4.69, 9.17) is 0 Å². The lowest BCUT2D eigenvalue weighted by atomic mass is 9.92. The Bertz CT molecular complexity index is 1250. The number of fused-ring (bicyclic) bond motifs is 1. The maximum Gasteiger partial charge on any atom is 0.289 e. The van der Waals surface area contributed by atoms with Crippen LogP contribution in [0, 0.1) is 17.8 Å². The molecule has 2 heterocycles. The van der Waals surface area contributed by atoms with Crippen molar-refractivity contribution in [1.29, 1.82) is 0 Å². The van der Waals surface area contributed by atoms with Crippen molar-refractivity contribution < 1.29 is 28.8 Å². The van der Waals surface area contributed by atoms with Crippen molar-refractivity contribution in [3.63, 3.8) is 0 Å². The first-order chi connectivity index (χ1) is 21.5. The molecule has 2 aliphatic carbocycles. The molecule has 0 radical (unpaired) electrons. The van der Waals surface area contributed by atoms with E-state index in [0.29, 0.717) is 32.2 Å². The van der Waals surface area contributed by atoms with Crippen LogP contribution in [0.2, 0.25) is 0 Å². The van der Waals surface area contributed by atoms with Crippen molar-refractivity contribution in [1.82, 2.24) is 36.1 Å². The summed E-state index contributed by atoms with van der Waals surface area (Å²) in [4.78, 5) is 89.3. The molecule has 5 amide bonds. The maximum absolute atomic E-state index is 14.2. The van der Waals surface area contributed by atoms with Gasteiger partial charge in [-0.25, -0.2) is 4.98 Å².